The molecule has 0 spiro atoms. The number of hydrogen-bond donors (Lipinski definition) is 3. The van der Waals surface area contributed by atoms with Gasteiger partial charge in [-0.3, -0.25) is 14.4 Å². The maximum atomic E-state index is 13.7. The summed E-state index contributed by atoms with van der Waals surface area (Å²) in [5.74, 6) is -1.64. The van der Waals surface area contributed by atoms with Crippen LogP contribution in [0.2, 0.25) is 0 Å². The minimum atomic E-state index is -4.48. The lowest BCUT2D eigenvalue weighted by atomic mass is 9.99. The van der Waals surface area contributed by atoms with Crippen LogP contribution in [0.1, 0.15) is 64.1 Å². The van der Waals surface area contributed by atoms with Crippen LogP contribution in [0.3, 0.4) is 0 Å². The first-order valence-electron chi connectivity index (χ1n) is 19.3. The van der Waals surface area contributed by atoms with Crippen LogP contribution in [0.15, 0.2) is 91.0 Å². The largest absolute Gasteiger partial charge is 0.481 e. The summed E-state index contributed by atoms with van der Waals surface area (Å²) in [4.78, 5) is 39.5. The van der Waals surface area contributed by atoms with Gasteiger partial charge in [-0.25, -0.2) is 0 Å². The van der Waals surface area contributed by atoms with Gasteiger partial charge in [-0.15, -0.1) is 0 Å². The lowest BCUT2D eigenvalue weighted by Crippen LogP contribution is -2.23. The number of ether oxygens (including phenoxy) is 4. The van der Waals surface area contributed by atoms with E-state index in [2.05, 4.69) is 29.4 Å². The highest BCUT2D eigenvalue weighted by Crippen LogP contribution is 2.34. The standard InChI is InChI=1S/C44H52F3N3O8/c1-3-50(4-2)38-16-17-40(39(30-38)34-12-7-14-36(29-34)42(53)48-31-33-10-6-15-37(28-33)44(45,46)47)49-43(54)35-13-5-9-32(27-35)11-8-19-55-21-23-57-25-26-58-24-22-56-20-18-41(51)52/h5-7,9-10,12-17,27-30H,3-4,8,11,18-26,31H2,1-2H3,(H,48,53)(H,49,54)(H,51,52). The van der Waals surface area contributed by atoms with E-state index >= 15 is 0 Å². The van der Waals surface area contributed by atoms with Crippen LogP contribution in [0.25, 0.3) is 11.1 Å². The van der Waals surface area contributed by atoms with Crippen molar-refractivity contribution in [1.82, 2.24) is 5.32 Å². The molecule has 4 aromatic rings. The van der Waals surface area contributed by atoms with E-state index in [9.17, 15) is 27.6 Å². The van der Waals surface area contributed by atoms with E-state index in [4.69, 9.17) is 24.1 Å². The van der Waals surface area contributed by atoms with Gasteiger partial charge in [0.05, 0.1) is 58.2 Å². The van der Waals surface area contributed by atoms with Gasteiger partial charge in [0, 0.05) is 54.3 Å². The second-order valence-electron chi connectivity index (χ2n) is 13.2. The maximum absolute atomic E-state index is 13.7. The second kappa shape index (κ2) is 23.8. The summed E-state index contributed by atoms with van der Waals surface area (Å²) >= 11 is 0. The maximum Gasteiger partial charge on any atom is 0.416 e. The van der Waals surface area contributed by atoms with Crippen molar-refractivity contribution in [2.75, 3.05) is 76.2 Å². The molecule has 0 unspecified atom stereocenters. The molecule has 0 fully saturated rings. The van der Waals surface area contributed by atoms with Crippen molar-refractivity contribution in [3.63, 3.8) is 0 Å². The highest BCUT2D eigenvalue weighted by atomic mass is 19.4. The Hall–Kier alpha value is -5.28. The van der Waals surface area contributed by atoms with E-state index < -0.39 is 23.6 Å². The van der Waals surface area contributed by atoms with Crippen molar-refractivity contribution in [3.8, 4) is 11.1 Å². The Bertz CT molecular complexity index is 1920. The number of carbonyl (C=O) groups is 3. The normalized spacial score (nSPS) is 11.3. The topological polar surface area (TPSA) is 136 Å². The molecule has 0 aliphatic heterocycles. The molecule has 58 heavy (non-hydrogen) atoms. The molecule has 0 saturated heterocycles. The monoisotopic (exact) mass is 807 g/mol. The van der Waals surface area contributed by atoms with Crippen LogP contribution >= 0.6 is 0 Å². The van der Waals surface area contributed by atoms with Gasteiger partial charge in [0.25, 0.3) is 11.8 Å². The number of anilines is 2. The zero-order valence-corrected chi connectivity index (χ0v) is 32.9. The number of halogens is 3. The molecule has 0 aromatic heterocycles. The van der Waals surface area contributed by atoms with Gasteiger partial charge in [0.2, 0.25) is 0 Å². The van der Waals surface area contributed by atoms with Crippen LogP contribution in [0.5, 0.6) is 0 Å². The van der Waals surface area contributed by atoms with Crippen LogP contribution in [0.4, 0.5) is 24.5 Å². The molecule has 3 N–H and O–H groups in total. The third-order valence-electron chi connectivity index (χ3n) is 9.04. The third kappa shape index (κ3) is 15.2. The number of aliphatic carboxylic acids is 1. The summed E-state index contributed by atoms with van der Waals surface area (Å²) < 4.78 is 61.4. The van der Waals surface area contributed by atoms with E-state index in [1.807, 2.05) is 42.5 Å². The fraction of sp³-hybridized carbons (Fsp3) is 0.386. The van der Waals surface area contributed by atoms with Crippen LogP contribution in [-0.2, 0) is 42.9 Å². The number of carboxylic acid groups (broad SMARTS) is 1. The molecule has 312 valence electrons. The van der Waals surface area contributed by atoms with Crippen LogP contribution < -0.4 is 15.5 Å². The SMILES string of the molecule is CCN(CC)c1ccc(NC(=O)c2cccc(CCCOCCOCCOCCOCCC(=O)O)c2)c(-c2cccc(C(=O)NCc3cccc(C(F)(F)F)c3)c2)c1. The number of nitrogens with one attached hydrogen (secondary N) is 2. The summed E-state index contributed by atoms with van der Waals surface area (Å²) in [7, 11) is 0. The third-order valence-corrected chi connectivity index (χ3v) is 9.04. The Morgan fingerprint density at radius 3 is 1.93 bits per heavy atom. The number of amides is 2. The Morgan fingerprint density at radius 2 is 1.28 bits per heavy atom. The number of rotatable bonds is 25. The average molecular weight is 808 g/mol. The minimum absolute atomic E-state index is 0.0327. The minimum Gasteiger partial charge on any atom is -0.481 e. The number of aryl methyl sites for hydroxylation is 1. The van der Waals surface area contributed by atoms with Gasteiger partial charge in [0.15, 0.2) is 0 Å². The van der Waals surface area contributed by atoms with E-state index in [0.29, 0.717) is 86.2 Å². The first-order chi connectivity index (χ1) is 28.0. The molecule has 0 aliphatic rings. The molecule has 4 aromatic carbocycles. The zero-order chi connectivity index (χ0) is 41.8. The van der Waals surface area contributed by atoms with Gasteiger partial charge >= 0.3 is 12.1 Å². The lowest BCUT2D eigenvalue weighted by molar-refractivity contribution is -0.139. The van der Waals surface area contributed by atoms with E-state index in [1.165, 1.54) is 12.1 Å². The van der Waals surface area contributed by atoms with Crippen molar-refractivity contribution >= 4 is 29.2 Å². The predicted octanol–water partition coefficient (Wildman–Crippen LogP) is 7.87. The molecule has 0 aliphatic carbocycles. The molecule has 4 rings (SSSR count). The quantitative estimate of drug-likeness (QED) is 0.0572. The van der Waals surface area contributed by atoms with E-state index in [0.717, 1.165) is 42.9 Å². The van der Waals surface area contributed by atoms with Gasteiger partial charge in [-0.1, -0.05) is 36.4 Å². The van der Waals surface area contributed by atoms with Crippen molar-refractivity contribution in [3.05, 3.63) is 119 Å². The molecule has 0 bridgehead atoms. The first-order valence-corrected chi connectivity index (χ1v) is 19.3. The Labute approximate surface area is 337 Å². The summed E-state index contributed by atoms with van der Waals surface area (Å²) in [5, 5.41) is 14.4. The number of benzene rings is 4. The van der Waals surface area contributed by atoms with Crippen molar-refractivity contribution in [2.24, 2.45) is 0 Å². The fourth-order valence-electron chi connectivity index (χ4n) is 6.00. The fourth-order valence-corrected chi connectivity index (χ4v) is 6.00. The van der Waals surface area contributed by atoms with Gasteiger partial charge in [-0.2, -0.15) is 13.2 Å². The smallest absolute Gasteiger partial charge is 0.416 e. The summed E-state index contributed by atoms with van der Waals surface area (Å²) in [6.45, 7) is 8.59. The van der Waals surface area contributed by atoms with Gasteiger partial charge in [-0.05, 0) is 98.0 Å². The summed E-state index contributed by atoms with van der Waals surface area (Å²) in [5.41, 5.74) is 4.21. The van der Waals surface area contributed by atoms with Crippen LogP contribution in [0, 0.1) is 0 Å². The Balaban J connectivity index is 1.31. The molecule has 14 heteroatoms. The number of alkyl halides is 3. The summed E-state index contributed by atoms with van der Waals surface area (Å²) in [6.07, 6.45) is -3.07. The zero-order valence-electron chi connectivity index (χ0n) is 32.9. The molecule has 0 radical (unpaired) electrons. The average Bonchev–Trinajstić information content (AvgIpc) is 3.22. The lowest BCUT2D eigenvalue weighted by Gasteiger charge is -2.23. The molecular weight excluding hydrogens is 755 g/mol. The van der Waals surface area contributed by atoms with Gasteiger partial charge in [0.1, 0.15) is 0 Å². The molecular formula is C44H52F3N3O8. The number of hydrogen-bond acceptors (Lipinski definition) is 8. The highest BCUT2D eigenvalue weighted by Gasteiger charge is 2.30. The number of carbonyl (C=O) groups excluding carboxylic acids is 2. The Morgan fingerprint density at radius 1 is 0.672 bits per heavy atom. The second-order valence-corrected chi connectivity index (χ2v) is 13.2. The highest BCUT2D eigenvalue weighted by molar-refractivity contribution is 6.07. The van der Waals surface area contributed by atoms with E-state index in [1.54, 1.807) is 24.3 Å². The first kappa shape index (κ1) is 45.4. The number of nitrogens with zero attached hydrogens (tertiary/aromatic N) is 1. The van der Waals surface area contributed by atoms with E-state index in [-0.39, 0.29) is 25.5 Å². The molecule has 11 nitrogen and oxygen atoms in total. The van der Waals surface area contributed by atoms with Crippen molar-refractivity contribution in [2.45, 2.75) is 45.8 Å². The number of carboxylic acids is 1. The van der Waals surface area contributed by atoms with Crippen LogP contribution in [-0.4, -0.2) is 88.8 Å². The van der Waals surface area contributed by atoms with Gasteiger partial charge < -0.3 is 39.6 Å². The Kier molecular flexibility index (Phi) is 18.7. The van der Waals surface area contributed by atoms with Crippen molar-refractivity contribution < 1.29 is 51.6 Å². The predicted molar refractivity (Wildman–Crippen MR) is 216 cm³/mol. The molecule has 0 atom stereocenters. The van der Waals surface area contributed by atoms with Crippen molar-refractivity contribution in [1.29, 1.82) is 0 Å². The molecule has 2 amide bonds. The molecule has 0 heterocycles. The molecule has 0 saturated carbocycles. The summed E-state index contributed by atoms with van der Waals surface area (Å²) in [6, 6.07) is 24.9.